The Bertz CT molecular complexity index is 1170. The molecule has 0 unspecified atom stereocenters. The van der Waals surface area contributed by atoms with Crippen LogP contribution in [-0.2, 0) is 4.79 Å². The molecule has 9 heteroatoms. The Kier molecular flexibility index (Phi) is 9.27. The van der Waals surface area contributed by atoms with E-state index >= 15 is 0 Å². The van der Waals surface area contributed by atoms with Crippen LogP contribution >= 0.6 is 22.6 Å². The number of carbonyl (C=O) groups excluding carboxylic acids is 2. The van der Waals surface area contributed by atoms with Gasteiger partial charge in [0.05, 0.1) is 23.5 Å². The largest absolute Gasteiger partial charge is 0.497 e. The van der Waals surface area contributed by atoms with E-state index in [2.05, 4.69) is 38.4 Å². The summed E-state index contributed by atoms with van der Waals surface area (Å²) in [6.07, 6.45) is 1.51. The predicted octanol–water partition coefficient (Wildman–Crippen LogP) is 4.48. The molecular formula is C25H24IN3O5. The molecule has 3 aromatic rings. The maximum atomic E-state index is 12.3. The van der Waals surface area contributed by atoms with E-state index < -0.39 is 0 Å². The first-order valence-corrected chi connectivity index (χ1v) is 11.5. The highest BCUT2D eigenvalue weighted by Gasteiger charge is 2.14. The number of carbonyl (C=O) groups is 2. The second kappa shape index (κ2) is 12.6. The minimum absolute atomic E-state index is 0.172. The van der Waals surface area contributed by atoms with E-state index in [1.807, 2.05) is 31.2 Å². The van der Waals surface area contributed by atoms with Crippen molar-refractivity contribution in [2.45, 2.75) is 6.92 Å². The molecule has 0 atom stereocenters. The first kappa shape index (κ1) is 25.0. The van der Waals surface area contributed by atoms with Crippen LogP contribution in [-0.4, -0.2) is 38.4 Å². The molecule has 176 valence electrons. The van der Waals surface area contributed by atoms with Crippen LogP contribution in [0.3, 0.4) is 0 Å². The fourth-order valence-corrected chi connectivity index (χ4v) is 3.70. The van der Waals surface area contributed by atoms with Gasteiger partial charge in [-0.15, -0.1) is 0 Å². The highest BCUT2D eigenvalue weighted by atomic mass is 127. The van der Waals surface area contributed by atoms with Crippen molar-refractivity contribution >= 4 is 46.3 Å². The molecule has 0 bridgehead atoms. The SMILES string of the molecule is CCOc1cc(/C=N/NC(=O)c2cccc(OC)c2)cc(I)c1OCC(=O)Nc1ccccc1. The molecule has 0 saturated heterocycles. The zero-order valence-electron chi connectivity index (χ0n) is 18.7. The van der Waals surface area contributed by atoms with Crippen LogP contribution in [0.5, 0.6) is 17.2 Å². The van der Waals surface area contributed by atoms with Gasteiger partial charge in [0, 0.05) is 11.3 Å². The van der Waals surface area contributed by atoms with E-state index in [4.69, 9.17) is 14.2 Å². The number of methoxy groups -OCH3 is 1. The van der Waals surface area contributed by atoms with Gasteiger partial charge in [0.15, 0.2) is 18.1 Å². The molecule has 3 rings (SSSR count). The lowest BCUT2D eigenvalue weighted by Gasteiger charge is -2.14. The Labute approximate surface area is 211 Å². The number of amides is 2. The van der Waals surface area contributed by atoms with Gasteiger partial charge < -0.3 is 19.5 Å². The molecule has 3 aromatic carbocycles. The molecule has 0 heterocycles. The zero-order chi connectivity index (χ0) is 24.3. The summed E-state index contributed by atoms with van der Waals surface area (Å²) in [4.78, 5) is 24.6. The Morgan fingerprint density at radius 3 is 2.56 bits per heavy atom. The van der Waals surface area contributed by atoms with E-state index in [9.17, 15) is 9.59 Å². The van der Waals surface area contributed by atoms with Crippen LogP contribution in [0.2, 0.25) is 0 Å². The van der Waals surface area contributed by atoms with Gasteiger partial charge in [-0.1, -0.05) is 24.3 Å². The molecule has 0 radical (unpaired) electrons. The first-order chi connectivity index (χ1) is 16.5. The van der Waals surface area contributed by atoms with E-state index in [-0.39, 0.29) is 18.4 Å². The Balaban J connectivity index is 1.66. The molecule has 0 aromatic heterocycles. The maximum Gasteiger partial charge on any atom is 0.271 e. The lowest BCUT2D eigenvalue weighted by molar-refractivity contribution is -0.118. The second-order valence-corrected chi connectivity index (χ2v) is 8.06. The van der Waals surface area contributed by atoms with Gasteiger partial charge in [0.25, 0.3) is 11.8 Å². The van der Waals surface area contributed by atoms with Crippen LogP contribution in [0.4, 0.5) is 5.69 Å². The summed E-state index contributed by atoms with van der Waals surface area (Å²) < 4.78 is 17.3. The molecule has 8 nitrogen and oxygen atoms in total. The van der Waals surface area contributed by atoms with Crippen molar-refractivity contribution in [3.8, 4) is 17.2 Å². The molecule has 0 saturated carbocycles. The number of anilines is 1. The first-order valence-electron chi connectivity index (χ1n) is 10.4. The van der Waals surface area contributed by atoms with Crippen molar-refractivity contribution in [2.24, 2.45) is 5.10 Å². The smallest absolute Gasteiger partial charge is 0.271 e. The van der Waals surface area contributed by atoms with Crippen LogP contribution in [0.15, 0.2) is 71.8 Å². The van der Waals surface area contributed by atoms with Gasteiger partial charge in [-0.25, -0.2) is 5.43 Å². The molecule has 34 heavy (non-hydrogen) atoms. The minimum Gasteiger partial charge on any atom is -0.497 e. The topological polar surface area (TPSA) is 98.2 Å². The van der Waals surface area contributed by atoms with E-state index in [1.165, 1.54) is 13.3 Å². The number of para-hydroxylation sites is 1. The molecular weight excluding hydrogens is 549 g/mol. The van der Waals surface area contributed by atoms with Gasteiger partial charge >= 0.3 is 0 Å². The van der Waals surface area contributed by atoms with Crippen LogP contribution in [0, 0.1) is 3.57 Å². The summed E-state index contributed by atoms with van der Waals surface area (Å²) in [7, 11) is 1.54. The van der Waals surface area contributed by atoms with Crippen molar-refractivity contribution in [1.82, 2.24) is 5.43 Å². The van der Waals surface area contributed by atoms with E-state index in [0.29, 0.717) is 40.7 Å². The van der Waals surface area contributed by atoms with E-state index in [0.717, 1.165) is 3.57 Å². The molecule has 2 N–H and O–H groups in total. The lowest BCUT2D eigenvalue weighted by Crippen LogP contribution is -2.20. The normalized spacial score (nSPS) is 10.6. The number of rotatable bonds is 10. The quantitative estimate of drug-likeness (QED) is 0.212. The molecule has 2 amide bonds. The molecule has 0 fully saturated rings. The monoisotopic (exact) mass is 573 g/mol. The summed E-state index contributed by atoms with van der Waals surface area (Å²) in [5.41, 5.74) is 4.31. The highest BCUT2D eigenvalue weighted by Crippen LogP contribution is 2.34. The van der Waals surface area contributed by atoms with Gasteiger partial charge in [-0.2, -0.15) is 5.10 Å². The van der Waals surface area contributed by atoms with Gasteiger partial charge in [0.1, 0.15) is 5.75 Å². The molecule has 0 aliphatic carbocycles. The van der Waals surface area contributed by atoms with Crippen molar-refractivity contribution in [1.29, 1.82) is 0 Å². The average Bonchev–Trinajstić information content (AvgIpc) is 2.84. The lowest BCUT2D eigenvalue weighted by atomic mass is 10.2. The predicted molar refractivity (Wildman–Crippen MR) is 139 cm³/mol. The number of hydrogen-bond acceptors (Lipinski definition) is 6. The summed E-state index contributed by atoms with van der Waals surface area (Å²) in [5, 5.41) is 6.81. The van der Waals surface area contributed by atoms with E-state index in [1.54, 1.807) is 42.5 Å². The van der Waals surface area contributed by atoms with Crippen LogP contribution in [0.25, 0.3) is 0 Å². The fourth-order valence-electron chi connectivity index (χ4n) is 2.92. The van der Waals surface area contributed by atoms with Crippen molar-refractivity contribution in [3.63, 3.8) is 0 Å². The number of halogens is 1. The molecule has 0 spiro atoms. The highest BCUT2D eigenvalue weighted by molar-refractivity contribution is 14.1. The molecule has 0 aliphatic heterocycles. The third-order valence-corrected chi connectivity index (χ3v) is 5.25. The summed E-state index contributed by atoms with van der Waals surface area (Å²) in [5.74, 6) is 0.876. The minimum atomic E-state index is -0.362. The number of benzene rings is 3. The Hall–Kier alpha value is -3.60. The number of hydrogen-bond donors (Lipinski definition) is 2. The number of nitrogens with one attached hydrogen (secondary N) is 2. The molecule has 0 aliphatic rings. The van der Waals surface area contributed by atoms with Crippen LogP contribution < -0.4 is 25.0 Å². The number of hydrazone groups is 1. The summed E-state index contributed by atoms with van der Waals surface area (Å²) in [6, 6.07) is 19.5. The fraction of sp³-hybridized carbons (Fsp3) is 0.160. The zero-order valence-corrected chi connectivity index (χ0v) is 20.9. The van der Waals surface area contributed by atoms with Crippen LogP contribution in [0.1, 0.15) is 22.8 Å². The van der Waals surface area contributed by atoms with Gasteiger partial charge in [0.2, 0.25) is 0 Å². The third kappa shape index (κ3) is 7.20. The Morgan fingerprint density at radius 1 is 1.03 bits per heavy atom. The Morgan fingerprint density at radius 2 is 1.82 bits per heavy atom. The third-order valence-electron chi connectivity index (χ3n) is 4.45. The number of ether oxygens (including phenoxy) is 3. The van der Waals surface area contributed by atoms with Gasteiger partial charge in [-0.3, -0.25) is 9.59 Å². The van der Waals surface area contributed by atoms with Crippen molar-refractivity contribution in [2.75, 3.05) is 25.6 Å². The standard InChI is InChI=1S/C25H24IN3O5/c1-3-33-22-13-17(15-27-29-25(31)18-8-7-11-20(14-18)32-2)12-21(26)24(22)34-16-23(30)28-19-9-5-4-6-10-19/h4-15H,3,16H2,1-2H3,(H,28,30)(H,29,31)/b27-15+. The average molecular weight is 573 g/mol. The maximum absolute atomic E-state index is 12.3. The van der Waals surface area contributed by atoms with Crippen molar-refractivity contribution in [3.05, 3.63) is 81.4 Å². The summed E-state index contributed by atoms with van der Waals surface area (Å²) >= 11 is 2.10. The van der Waals surface area contributed by atoms with Gasteiger partial charge in [-0.05, 0) is 77.5 Å². The van der Waals surface area contributed by atoms with Crippen molar-refractivity contribution < 1.29 is 23.8 Å². The summed E-state index contributed by atoms with van der Waals surface area (Å²) in [6.45, 7) is 2.10. The number of nitrogens with zero attached hydrogens (tertiary/aromatic N) is 1. The second-order valence-electron chi connectivity index (χ2n) is 6.90.